The minimum Gasteiger partial charge on any atom is -0.481 e. The summed E-state index contributed by atoms with van der Waals surface area (Å²) in [5.74, 6) is 0.197. The van der Waals surface area contributed by atoms with Crippen LogP contribution in [0, 0.1) is 0 Å². The number of carboxylic acids is 1. The van der Waals surface area contributed by atoms with Crippen molar-refractivity contribution in [3.05, 3.63) is 71.8 Å². The van der Waals surface area contributed by atoms with Gasteiger partial charge in [0.25, 0.3) is 0 Å². The van der Waals surface area contributed by atoms with Gasteiger partial charge in [-0.3, -0.25) is 4.79 Å². The van der Waals surface area contributed by atoms with Gasteiger partial charge in [0.1, 0.15) is 5.82 Å². The summed E-state index contributed by atoms with van der Waals surface area (Å²) in [5.41, 5.74) is 3.15. The summed E-state index contributed by atoms with van der Waals surface area (Å²) in [6, 6.07) is 16.2. The maximum atomic E-state index is 10.8. The number of carbonyl (C=O) groups is 1. The van der Waals surface area contributed by atoms with Crippen molar-refractivity contribution >= 4 is 11.5 Å². The van der Waals surface area contributed by atoms with Crippen LogP contribution in [0.3, 0.4) is 0 Å². The number of imidazole rings is 1. The first kappa shape index (κ1) is 14.3. The summed E-state index contributed by atoms with van der Waals surface area (Å²) in [6.07, 6.45) is 4.33. The highest BCUT2D eigenvalue weighted by Crippen LogP contribution is 2.16. The van der Waals surface area contributed by atoms with Gasteiger partial charge in [0.15, 0.2) is 0 Å². The molecule has 4 heteroatoms. The van der Waals surface area contributed by atoms with Crippen LogP contribution in [0.15, 0.2) is 54.7 Å². The summed E-state index contributed by atoms with van der Waals surface area (Å²) >= 11 is 0. The van der Waals surface area contributed by atoms with E-state index < -0.39 is 5.97 Å². The molecule has 2 heterocycles. The zero-order chi connectivity index (χ0) is 15.4. The average molecular weight is 294 g/mol. The van der Waals surface area contributed by atoms with Crippen molar-refractivity contribution in [2.24, 2.45) is 0 Å². The Morgan fingerprint density at radius 1 is 1.00 bits per heavy atom. The van der Waals surface area contributed by atoms with E-state index in [9.17, 15) is 4.79 Å². The predicted octanol–water partition coefficient (Wildman–Crippen LogP) is 3.14. The smallest absolute Gasteiger partial charge is 0.303 e. The van der Waals surface area contributed by atoms with Crippen LogP contribution in [0.1, 0.15) is 23.5 Å². The lowest BCUT2D eigenvalue weighted by Gasteiger charge is -2.01. The molecule has 3 aromatic rings. The second-order valence-corrected chi connectivity index (χ2v) is 5.31. The van der Waals surface area contributed by atoms with E-state index in [1.165, 1.54) is 5.56 Å². The number of benzene rings is 1. The van der Waals surface area contributed by atoms with Gasteiger partial charge in [-0.05, 0) is 24.1 Å². The standard InChI is InChI=1S/C18H18N2O2/c21-18(22)12-10-15-16-8-4-5-13-20(16)17(19-15)11-9-14-6-2-1-3-7-14/h1-8,13H,9-12H2,(H,21,22). The van der Waals surface area contributed by atoms with Crippen molar-refractivity contribution in [3.8, 4) is 0 Å². The van der Waals surface area contributed by atoms with Crippen molar-refractivity contribution in [1.82, 2.24) is 9.38 Å². The van der Waals surface area contributed by atoms with Gasteiger partial charge in [-0.25, -0.2) is 4.98 Å². The van der Waals surface area contributed by atoms with Crippen LogP contribution in [0.25, 0.3) is 5.52 Å². The molecule has 1 N–H and O–H groups in total. The maximum Gasteiger partial charge on any atom is 0.303 e. The molecule has 4 nitrogen and oxygen atoms in total. The second-order valence-electron chi connectivity index (χ2n) is 5.31. The van der Waals surface area contributed by atoms with Crippen molar-refractivity contribution in [2.45, 2.75) is 25.7 Å². The predicted molar refractivity (Wildman–Crippen MR) is 85.0 cm³/mol. The summed E-state index contributed by atoms with van der Waals surface area (Å²) in [7, 11) is 0. The van der Waals surface area contributed by atoms with E-state index in [2.05, 4.69) is 21.5 Å². The Balaban J connectivity index is 1.84. The van der Waals surface area contributed by atoms with Gasteiger partial charge in [-0.1, -0.05) is 36.4 Å². The van der Waals surface area contributed by atoms with Crippen molar-refractivity contribution in [2.75, 3.05) is 0 Å². The van der Waals surface area contributed by atoms with Crippen LogP contribution in [-0.4, -0.2) is 20.5 Å². The molecule has 22 heavy (non-hydrogen) atoms. The number of hydrogen-bond donors (Lipinski definition) is 1. The number of aryl methyl sites for hydroxylation is 3. The van der Waals surface area contributed by atoms with E-state index in [0.29, 0.717) is 6.42 Å². The van der Waals surface area contributed by atoms with Crippen LogP contribution in [0.2, 0.25) is 0 Å². The van der Waals surface area contributed by atoms with Crippen LogP contribution < -0.4 is 0 Å². The molecular weight excluding hydrogens is 276 g/mol. The molecule has 1 aromatic carbocycles. The number of hydrogen-bond acceptors (Lipinski definition) is 2. The molecule has 0 aliphatic rings. The number of nitrogens with zero attached hydrogens (tertiary/aromatic N) is 2. The third kappa shape index (κ3) is 3.17. The number of carboxylic acid groups (broad SMARTS) is 1. The largest absolute Gasteiger partial charge is 0.481 e. The minimum absolute atomic E-state index is 0.111. The maximum absolute atomic E-state index is 10.8. The van der Waals surface area contributed by atoms with E-state index in [1.807, 2.05) is 42.6 Å². The average Bonchev–Trinajstić information content (AvgIpc) is 2.90. The van der Waals surface area contributed by atoms with Gasteiger partial charge in [-0.2, -0.15) is 0 Å². The number of aliphatic carboxylic acids is 1. The Labute approximate surface area is 129 Å². The fourth-order valence-corrected chi connectivity index (χ4v) is 2.66. The van der Waals surface area contributed by atoms with Crippen molar-refractivity contribution < 1.29 is 9.90 Å². The zero-order valence-electron chi connectivity index (χ0n) is 12.3. The third-order valence-corrected chi connectivity index (χ3v) is 3.75. The molecule has 0 aliphatic heterocycles. The van der Waals surface area contributed by atoms with Crippen molar-refractivity contribution in [1.29, 1.82) is 0 Å². The number of fused-ring (bicyclic) bond motifs is 1. The quantitative estimate of drug-likeness (QED) is 0.760. The first-order valence-electron chi connectivity index (χ1n) is 7.44. The van der Waals surface area contributed by atoms with Gasteiger partial charge in [0.05, 0.1) is 17.6 Å². The summed E-state index contributed by atoms with van der Waals surface area (Å²) in [5, 5.41) is 8.87. The monoisotopic (exact) mass is 294 g/mol. The Bertz CT molecular complexity index is 778. The number of aromatic nitrogens is 2. The van der Waals surface area contributed by atoms with E-state index in [-0.39, 0.29) is 6.42 Å². The molecule has 0 bridgehead atoms. The lowest BCUT2D eigenvalue weighted by atomic mass is 10.1. The molecule has 0 aliphatic carbocycles. The van der Waals surface area contributed by atoms with Crippen LogP contribution in [0.4, 0.5) is 0 Å². The molecule has 0 saturated carbocycles. The van der Waals surface area contributed by atoms with Crippen LogP contribution in [0.5, 0.6) is 0 Å². The highest BCUT2D eigenvalue weighted by atomic mass is 16.4. The molecule has 3 rings (SSSR count). The molecule has 0 spiro atoms. The zero-order valence-corrected chi connectivity index (χ0v) is 12.3. The Kier molecular flexibility index (Phi) is 4.19. The number of rotatable bonds is 6. The van der Waals surface area contributed by atoms with E-state index >= 15 is 0 Å². The summed E-state index contributed by atoms with van der Waals surface area (Å²) in [4.78, 5) is 15.5. The van der Waals surface area contributed by atoms with Crippen LogP contribution in [-0.2, 0) is 24.1 Å². The van der Waals surface area contributed by atoms with Gasteiger partial charge in [0, 0.05) is 19.0 Å². The van der Waals surface area contributed by atoms with Crippen molar-refractivity contribution in [3.63, 3.8) is 0 Å². The van der Waals surface area contributed by atoms with Gasteiger partial charge >= 0.3 is 5.97 Å². The molecule has 2 aromatic heterocycles. The first-order valence-corrected chi connectivity index (χ1v) is 7.44. The Hall–Kier alpha value is -2.62. The fourth-order valence-electron chi connectivity index (χ4n) is 2.66. The SMILES string of the molecule is O=C(O)CCc1nc(CCc2ccccc2)n2ccccc12. The highest BCUT2D eigenvalue weighted by Gasteiger charge is 2.11. The molecule has 0 saturated heterocycles. The molecule has 0 radical (unpaired) electrons. The lowest BCUT2D eigenvalue weighted by Crippen LogP contribution is -1.98. The van der Waals surface area contributed by atoms with Gasteiger partial charge in [0.2, 0.25) is 0 Å². The molecule has 0 amide bonds. The summed E-state index contributed by atoms with van der Waals surface area (Å²) in [6.45, 7) is 0. The molecule has 0 unspecified atom stereocenters. The Morgan fingerprint density at radius 3 is 2.55 bits per heavy atom. The minimum atomic E-state index is -0.789. The van der Waals surface area contributed by atoms with E-state index in [1.54, 1.807) is 0 Å². The summed E-state index contributed by atoms with van der Waals surface area (Å²) < 4.78 is 2.07. The lowest BCUT2D eigenvalue weighted by molar-refractivity contribution is -0.136. The third-order valence-electron chi connectivity index (χ3n) is 3.75. The second kappa shape index (κ2) is 6.43. The van der Waals surface area contributed by atoms with Crippen LogP contribution >= 0.6 is 0 Å². The number of pyridine rings is 1. The highest BCUT2D eigenvalue weighted by molar-refractivity contribution is 5.67. The normalized spacial score (nSPS) is 10.9. The molecular formula is C18H18N2O2. The van der Waals surface area contributed by atoms with E-state index in [4.69, 9.17) is 5.11 Å². The fraction of sp³-hybridized carbons (Fsp3) is 0.222. The van der Waals surface area contributed by atoms with Gasteiger partial charge in [-0.15, -0.1) is 0 Å². The first-order chi connectivity index (χ1) is 10.7. The Morgan fingerprint density at radius 2 is 1.77 bits per heavy atom. The van der Waals surface area contributed by atoms with E-state index in [0.717, 1.165) is 29.9 Å². The topological polar surface area (TPSA) is 54.6 Å². The molecule has 112 valence electrons. The van der Waals surface area contributed by atoms with Gasteiger partial charge < -0.3 is 9.51 Å². The molecule has 0 atom stereocenters. The molecule has 0 fully saturated rings.